The highest BCUT2D eigenvalue weighted by atomic mass is 16.1. The second-order valence-electron chi connectivity index (χ2n) is 3.38. The molecular weight excluding hydrogens is 152 g/mol. The average molecular weight is 168 g/mol. The maximum Gasteiger partial charge on any atom is 0.224 e. The number of primary amides is 1. The van der Waals surface area contributed by atoms with Crippen molar-refractivity contribution in [2.45, 2.75) is 20.3 Å². The molecule has 0 unspecified atom stereocenters. The lowest BCUT2D eigenvalue weighted by molar-refractivity contribution is -0.125. The third-order valence-electron chi connectivity index (χ3n) is 1.68. The van der Waals surface area contributed by atoms with Crippen LogP contribution in [0.4, 0.5) is 0 Å². The van der Waals surface area contributed by atoms with E-state index < -0.39 is 5.41 Å². The lowest BCUT2D eigenvalue weighted by Gasteiger charge is -2.20. The molecular formula is C9H16N2O. The van der Waals surface area contributed by atoms with Gasteiger partial charge in [0.25, 0.3) is 0 Å². The summed E-state index contributed by atoms with van der Waals surface area (Å²) in [7, 11) is 0. The monoisotopic (exact) mass is 168 g/mol. The van der Waals surface area contributed by atoms with Gasteiger partial charge in [0.05, 0.1) is 5.41 Å². The molecule has 68 valence electrons. The normalized spacial score (nSPS) is 10.8. The standard InChI is InChI=1S/C9H16N2O/c1-4-5-6-11-7-9(2,3)8(10)12/h1,11H,5-7H2,2-3H3,(H2,10,12). The van der Waals surface area contributed by atoms with Crippen molar-refractivity contribution in [3.05, 3.63) is 0 Å². The van der Waals surface area contributed by atoms with Crippen molar-refractivity contribution in [2.75, 3.05) is 13.1 Å². The van der Waals surface area contributed by atoms with Crippen LogP contribution in [-0.2, 0) is 4.79 Å². The van der Waals surface area contributed by atoms with Crippen LogP contribution in [0.2, 0.25) is 0 Å². The fourth-order valence-electron chi connectivity index (χ4n) is 0.649. The smallest absolute Gasteiger partial charge is 0.224 e. The Morgan fingerprint density at radius 2 is 2.25 bits per heavy atom. The van der Waals surface area contributed by atoms with E-state index in [1.165, 1.54) is 0 Å². The molecule has 3 N–H and O–H groups in total. The third kappa shape index (κ3) is 3.99. The van der Waals surface area contributed by atoms with E-state index >= 15 is 0 Å². The first-order chi connectivity index (χ1) is 5.50. The second-order valence-corrected chi connectivity index (χ2v) is 3.38. The van der Waals surface area contributed by atoms with Crippen molar-refractivity contribution in [3.8, 4) is 12.3 Å². The van der Waals surface area contributed by atoms with Crippen molar-refractivity contribution >= 4 is 5.91 Å². The van der Waals surface area contributed by atoms with E-state index in [2.05, 4.69) is 11.2 Å². The Balaban J connectivity index is 3.63. The van der Waals surface area contributed by atoms with E-state index in [0.29, 0.717) is 13.0 Å². The molecule has 0 saturated carbocycles. The van der Waals surface area contributed by atoms with Crippen LogP contribution in [0.25, 0.3) is 0 Å². The van der Waals surface area contributed by atoms with E-state index in [0.717, 1.165) is 6.54 Å². The molecule has 1 amide bonds. The molecule has 0 rings (SSSR count). The van der Waals surface area contributed by atoms with E-state index in [9.17, 15) is 4.79 Å². The van der Waals surface area contributed by atoms with Gasteiger partial charge in [0.1, 0.15) is 0 Å². The van der Waals surface area contributed by atoms with Gasteiger partial charge in [-0.25, -0.2) is 0 Å². The van der Waals surface area contributed by atoms with Crippen molar-refractivity contribution in [3.63, 3.8) is 0 Å². The predicted molar refractivity (Wildman–Crippen MR) is 49.3 cm³/mol. The van der Waals surface area contributed by atoms with Gasteiger partial charge in [-0.15, -0.1) is 12.3 Å². The van der Waals surface area contributed by atoms with Gasteiger partial charge in [-0.1, -0.05) is 0 Å². The topological polar surface area (TPSA) is 55.1 Å². The van der Waals surface area contributed by atoms with Crippen LogP contribution in [0.5, 0.6) is 0 Å². The summed E-state index contributed by atoms with van der Waals surface area (Å²) in [6.07, 6.45) is 5.73. The fraction of sp³-hybridized carbons (Fsp3) is 0.667. The molecule has 0 aliphatic rings. The third-order valence-corrected chi connectivity index (χ3v) is 1.68. The highest BCUT2D eigenvalue weighted by Gasteiger charge is 2.23. The van der Waals surface area contributed by atoms with E-state index in [4.69, 9.17) is 12.2 Å². The molecule has 0 radical (unpaired) electrons. The molecule has 0 fully saturated rings. The van der Waals surface area contributed by atoms with Gasteiger partial charge < -0.3 is 11.1 Å². The van der Waals surface area contributed by atoms with Crippen molar-refractivity contribution < 1.29 is 4.79 Å². The summed E-state index contributed by atoms with van der Waals surface area (Å²) in [4.78, 5) is 10.8. The molecule has 12 heavy (non-hydrogen) atoms. The molecule has 0 aliphatic carbocycles. The number of nitrogens with one attached hydrogen (secondary N) is 1. The summed E-state index contributed by atoms with van der Waals surface area (Å²) < 4.78 is 0. The molecule has 0 aromatic carbocycles. The number of rotatable bonds is 5. The SMILES string of the molecule is C#CCCNCC(C)(C)C(N)=O. The zero-order valence-electron chi connectivity index (χ0n) is 7.68. The number of hydrogen-bond donors (Lipinski definition) is 2. The van der Waals surface area contributed by atoms with Crippen LogP contribution in [0.15, 0.2) is 0 Å². The molecule has 0 atom stereocenters. The molecule has 0 aromatic rings. The highest BCUT2D eigenvalue weighted by molar-refractivity contribution is 5.80. The van der Waals surface area contributed by atoms with Crippen LogP contribution in [0.3, 0.4) is 0 Å². The van der Waals surface area contributed by atoms with Gasteiger partial charge in [-0.3, -0.25) is 4.79 Å². The Morgan fingerprint density at radius 1 is 1.67 bits per heavy atom. The molecule has 0 aromatic heterocycles. The molecule has 3 heteroatoms. The average Bonchev–Trinajstić information content (AvgIpc) is 1.98. The fourth-order valence-corrected chi connectivity index (χ4v) is 0.649. The summed E-state index contributed by atoms with van der Waals surface area (Å²) in [5.41, 5.74) is 4.67. The van der Waals surface area contributed by atoms with Crippen molar-refractivity contribution in [1.82, 2.24) is 5.32 Å². The summed E-state index contributed by atoms with van der Waals surface area (Å²) >= 11 is 0. The molecule has 0 bridgehead atoms. The molecule has 0 saturated heterocycles. The summed E-state index contributed by atoms with van der Waals surface area (Å²) in [5.74, 6) is 2.21. The Labute approximate surface area is 73.7 Å². The Morgan fingerprint density at radius 3 is 2.67 bits per heavy atom. The number of nitrogens with two attached hydrogens (primary N) is 1. The van der Waals surface area contributed by atoms with Crippen LogP contribution < -0.4 is 11.1 Å². The summed E-state index contributed by atoms with van der Waals surface area (Å²) in [5, 5.41) is 3.06. The second kappa shape index (κ2) is 4.78. The maximum atomic E-state index is 10.8. The van der Waals surface area contributed by atoms with E-state index in [1.54, 1.807) is 13.8 Å². The molecule has 0 spiro atoms. The zero-order chi connectivity index (χ0) is 9.61. The summed E-state index contributed by atoms with van der Waals surface area (Å²) in [6.45, 7) is 4.91. The lowest BCUT2D eigenvalue weighted by atomic mass is 9.93. The Hall–Kier alpha value is -1.01. The van der Waals surface area contributed by atoms with E-state index in [1.807, 2.05) is 0 Å². The van der Waals surface area contributed by atoms with Crippen molar-refractivity contribution in [1.29, 1.82) is 0 Å². The Bertz CT molecular complexity index is 191. The minimum absolute atomic E-state index is 0.296. The van der Waals surface area contributed by atoms with Crippen LogP contribution in [0, 0.1) is 17.8 Å². The lowest BCUT2D eigenvalue weighted by Crippen LogP contribution is -2.40. The van der Waals surface area contributed by atoms with Crippen LogP contribution in [0.1, 0.15) is 20.3 Å². The zero-order valence-corrected chi connectivity index (χ0v) is 7.68. The molecule has 0 aliphatic heterocycles. The first-order valence-corrected chi connectivity index (χ1v) is 3.95. The largest absolute Gasteiger partial charge is 0.369 e. The number of hydrogen-bond acceptors (Lipinski definition) is 2. The number of terminal acetylenes is 1. The van der Waals surface area contributed by atoms with Gasteiger partial charge in [0, 0.05) is 19.5 Å². The van der Waals surface area contributed by atoms with Crippen LogP contribution >= 0.6 is 0 Å². The van der Waals surface area contributed by atoms with Crippen LogP contribution in [-0.4, -0.2) is 19.0 Å². The first-order valence-electron chi connectivity index (χ1n) is 3.95. The maximum absolute atomic E-state index is 10.8. The first kappa shape index (κ1) is 11.0. The number of carbonyl (C=O) groups is 1. The van der Waals surface area contributed by atoms with E-state index in [-0.39, 0.29) is 5.91 Å². The minimum Gasteiger partial charge on any atom is -0.369 e. The quantitative estimate of drug-likeness (QED) is 0.452. The highest BCUT2D eigenvalue weighted by Crippen LogP contribution is 2.11. The van der Waals surface area contributed by atoms with Gasteiger partial charge >= 0.3 is 0 Å². The van der Waals surface area contributed by atoms with Gasteiger partial charge in [-0.05, 0) is 13.8 Å². The molecule has 3 nitrogen and oxygen atoms in total. The van der Waals surface area contributed by atoms with Gasteiger partial charge in [0.2, 0.25) is 5.91 Å². The number of amides is 1. The Kier molecular flexibility index (Phi) is 4.38. The number of carbonyl (C=O) groups excluding carboxylic acids is 1. The molecule has 0 heterocycles. The van der Waals surface area contributed by atoms with Crippen molar-refractivity contribution in [2.24, 2.45) is 11.1 Å². The minimum atomic E-state index is -0.491. The van der Waals surface area contributed by atoms with Gasteiger partial charge in [0.15, 0.2) is 0 Å². The predicted octanol–water partition coefficient (Wildman–Crippen LogP) is 0.111. The summed E-state index contributed by atoms with van der Waals surface area (Å²) in [6, 6.07) is 0. The van der Waals surface area contributed by atoms with Gasteiger partial charge in [-0.2, -0.15) is 0 Å².